The van der Waals surface area contributed by atoms with Crippen LogP contribution in [0.15, 0.2) is 30.3 Å². The van der Waals surface area contributed by atoms with Crippen molar-refractivity contribution < 1.29 is 23.9 Å². The van der Waals surface area contributed by atoms with Crippen LogP contribution in [-0.2, 0) is 25.5 Å². The van der Waals surface area contributed by atoms with Crippen molar-refractivity contribution in [2.24, 2.45) is 11.8 Å². The highest BCUT2D eigenvalue weighted by Crippen LogP contribution is 2.16. The summed E-state index contributed by atoms with van der Waals surface area (Å²) in [7, 11) is 0. The number of carbonyl (C=O) groups is 4. The normalized spacial score (nSPS) is 18.6. The molecule has 1 fully saturated rings. The van der Waals surface area contributed by atoms with Gasteiger partial charge in [-0.05, 0) is 37.7 Å². The fourth-order valence-corrected chi connectivity index (χ4v) is 3.66. The van der Waals surface area contributed by atoms with Gasteiger partial charge in [-0.15, -0.1) is 0 Å². The molecule has 1 aliphatic rings. The first-order valence-electron chi connectivity index (χ1n) is 10.8. The number of rotatable bonds is 11. The van der Waals surface area contributed by atoms with E-state index in [1.165, 1.54) is 0 Å². The Morgan fingerprint density at radius 3 is 2.48 bits per heavy atom. The molecule has 1 aromatic carbocycles. The smallest absolute Gasteiger partial charge is 0.408 e. The van der Waals surface area contributed by atoms with Crippen LogP contribution in [0.3, 0.4) is 0 Å². The van der Waals surface area contributed by atoms with Crippen LogP contribution in [0.25, 0.3) is 0 Å². The molecule has 0 spiro atoms. The van der Waals surface area contributed by atoms with Gasteiger partial charge >= 0.3 is 6.09 Å². The van der Waals surface area contributed by atoms with Gasteiger partial charge in [-0.25, -0.2) is 4.79 Å². The van der Waals surface area contributed by atoms with E-state index in [1.54, 1.807) is 6.92 Å². The van der Waals surface area contributed by atoms with Crippen molar-refractivity contribution in [1.29, 1.82) is 0 Å². The molecule has 1 aromatic rings. The van der Waals surface area contributed by atoms with Gasteiger partial charge in [0.05, 0.1) is 6.04 Å². The molecule has 0 radical (unpaired) electrons. The molecule has 170 valence electrons. The molecule has 3 amide bonds. The Morgan fingerprint density at radius 1 is 1.19 bits per heavy atom. The molecule has 1 aliphatic heterocycles. The second-order valence-electron chi connectivity index (χ2n) is 8.50. The topological polar surface area (TPSA) is 114 Å². The number of aldehydes is 1. The lowest BCUT2D eigenvalue weighted by molar-refractivity contribution is -0.127. The summed E-state index contributed by atoms with van der Waals surface area (Å²) in [6, 6.07) is 8.05. The molecule has 31 heavy (non-hydrogen) atoms. The molecule has 0 aromatic heterocycles. The number of nitrogens with one attached hydrogen (secondary N) is 3. The summed E-state index contributed by atoms with van der Waals surface area (Å²) in [5, 5.41) is 8.01. The quantitative estimate of drug-likeness (QED) is 0.464. The van der Waals surface area contributed by atoms with Gasteiger partial charge in [0.2, 0.25) is 11.8 Å². The van der Waals surface area contributed by atoms with Gasteiger partial charge in [-0.1, -0.05) is 44.2 Å². The number of hydrogen-bond acceptors (Lipinski definition) is 5. The van der Waals surface area contributed by atoms with E-state index in [0.717, 1.165) is 5.56 Å². The molecule has 4 atom stereocenters. The van der Waals surface area contributed by atoms with Gasteiger partial charge in [0.25, 0.3) is 0 Å². The van der Waals surface area contributed by atoms with Crippen molar-refractivity contribution in [3.63, 3.8) is 0 Å². The molecule has 1 heterocycles. The number of ether oxygens (including phenoxy) is 1. The maximum Gasteiger partial charge on any atom is 0.408 e. The second-order valence-corrected chi connectivity index (χ2v) is 8.50. The molecule has 0 aliphatic carbocycles. The van der Waals surface area contributed by atoms with Crippen LogP contribution in [0.4, 0.5) is 4.79 Å². The Balaban J connectivity index is 1.91. The predicted octanol–water partition coefficient (Wildman–Crippen LogP) is 1.97. The Labute approximate surface area is 183 Å². The van der Waals surface area contributed by atoms with E-state index in [-0.39, 0.29) is 30.3 Å². The molecule has 3 N–H and O–H groups in total. The molecule has 2 rings (SSSR count). The maximum absolute atomic E-state index is 12.8. The van der Waals surface area contributed by atoms with Crippen molar-refractivity contribution >= 4 is 24.2 Å². The average molecular weight is 432 g/mol. The zero-order valence-electron chi connectivity index (χ0n) is 18.4. The SMILES string of the molecule is CC(C)CC(NC(=O)OC(C)Cc1ccccc1)C(=O)NC(C=O)C[C@@H]1CCNC1=O. The molecule has 1 saturated heterocycles. The Morgan fingerprint density at radius 2 is 1.90 bits per heavy atom. The minimum atomic E-state index is -0.837. The third-order valence-electron chi connectivity index (χ3n) is 5.18. The largest absolute Gasteiger partial charge is 0.446 e. The zero-order valence-corrected chi connectivity index (χ0v) is 18.4. The van der Waals surface area contributed by atoms with Crippen molar-refractivity contribution in [2.45, 2.75) is 64.6 Å². The molecular weight excluding hydrogens is 398 g/mol. The molecule has 8 heteroatoms. The van der Waals surface area contributed by atoms with Gasteiger partial charge in [0.1, 0.15) is 18.4 Å². The van der Waals surface area contributed by atoms with E-state index in [9.17, 15) is 19.2 Å². The van der Waals surface area contributed by atoms with E-state index >= 15 is 0 Å². The van der Waals surface area contributed by atoms with E-state index < -0.39 is 24.1 Å². The first kappa shape index (κ1) is 24.4. The van der Waals surface area contributed by atoms with Crippen LogP contribution in [0, 0.1) is 11.8 Å². The number of benzene rings is 1. The van der Waals surface area contributed by atoms with E-state index in [4.69, 9.17) is 4.74 Å². The minimum absolute atomic E-state index is 0.103. The minimum Gasteiger partial charge on any atom is -0.446 e. The van der Waals surface area contributed by atoms with Gasteiger partial charge in [-0.2, -0.15) is 0 Å². The third-order valence-corrected chi connectivity index (χ3v) is 5.18. The van der Waals surface area contributed by atoms with Crippen molar-refractivity contribution in [1.82, 2.24) is 16.0 Å². The molecule has 8 nitrogen and oxygen atoms in total. The van der Waals surface area contributed by atoms with Crippen LogP contribution in [0.1, 0.15) is 45.6 Å². The van der Waals surface area contributed by atoms with Gasteiger partial charge in [-0.3, -0.25) is 9.59 Å². The van der Waals surface area contributed by atoms with Gasteiger partial charge in [0, 0.05) is 18.9 Å². The summed E-state index contributed by atoms with van der Waals surface area (Å²) in [4.78, 5) is 48.4. The number of alkyl carbamates (subject to hydrolysis) is 1. The highest BCUT2D eigenvalue weighted by molar-refractivity contribution is 5.88. The van der Waals surface area contributed by atoms with Crippen molar-refractivity contribution in [2.75, 3.05) is 6.54 Å². The first-order valence-corrected chi connectivity index (χ1v) is 10.8. The highest BCUT2D eigenvalue weighted by atomic mass is 16.6. The van der Waals surface area contributed by atoms with Crippen LogP contribution in [0.5, 0.6) is 0 Å². The van der Waals surface area contributed by atoms with Crippen molar-refractivity contribution in [3.05, 3.63) is 35.9 Å². The van der Waals surface area contributed by atoms with Crippen LogP contribution >= 0.6 is 0 Å². The standard InChI is InChI=1S/C23H33N3O5/c1-15(2)11-20(22(29)25-19(14-27)13-18-9-10-24-21(18)28)26-23(30)31-16(3)12-17-7-5-4-6-8-17/h4-8,14-16,18-20H,9-13H2,1-3H3,(H,24,28)(H,25,29)(H,26,30)/t16?,18-,19?,20?/m0/s1. The molecule has 3 unspecified atom stereocenters. The highest BCUT2D eigenvalue weighted by Gasteiger charge is 2.30. The Bertz CT molecular complexity index is 753. The number of hydrogen-bond donors (Lipinski definition) is 3. The van der Waals surface area contributed by atoms with Crippen LogP contribution in [-0.4, -0.2) is 48.9 Å². The first-order chi connectivity index (χ1) is 14.8. The zero-order chi connectivity index (χ0) is 22.8. The summed E-state index contributed by atoms with van der Waals surface area (Å²) >= 11 is 0. The van der Waals surface area contributed by atoms with E-state index in [2.05, 4.69) is 16.0 Å². The molecule has 0 bridgehead atoms. The van der Waals surface area contributed by atoms with Crippen LogP contribution in [0.2, 0.25) is 0 Å². The van der Waals surface area contributed by atoms with Gasteiger partial charge in [0.15, 0.2) is 0 Å². The summed E-state index contributed by atoms with van der Waals surface area (Å²) in [6.45, 7) is 6.24. The van der Waals surface area contributed by atoms with E-state index in [0.29, 0.717) is 32.1 Å². The van der Waals surface area contributed by atoms with Gasteiger partial charge < -0.3 is 25.5 Å². The predicted molar refractivity (Wildman–Crippen MR) is 116 cm³/mol. The third kappa shape index (κ3) is 8.39. The molecular formula is C23H33N3O5. The van der Waals surface area contributed by atoms with E-state index in [1.807, 2.05) is 44.2 Å². The van der Waals surface area contributed by atoms with Crippen LogP contribution < -0.4 is 16.0 Å². The Hall–Kier alpha value is -2.90. The second kappa shape index (κ2) is 12.1. The van der Waals surface area contributed by atoms with Crippen molar-refractivity contribution in [3.8, 4) is 0 Å². The summed E-state index contributed by atoms with van der Waals surface area (Å²) in [6.07, 6.45) is 1.42. The lowest BCUT2D eigenvalue weighted by Gasteiger charge is -2.23. The number of amides is 3. The lowest BCUT2D eigenvalue weighted by atomic mass is 9.98. The summed E-state index contributed by atoms with van der Waals surface area (Å²) < 4.78 is 5.42. The fourth-order valence-electron chi connectivity index (χ4n) is 3.66. The summed E-state index contributed by atoms with van der Waals surface area (Å²) in [5.41, 5.74) is 1.05. The summed E-state index contributed by atoms with van der Waals surface area (Å²) in [5.74, 6) is -0.727. The Kier molecular flexibility index (Phi) is 9.49. The fraction of sp³-hybridized carbons (Fsp3) is 0.565. The average Bonchev–Trinajstić information content (AvgIpc) is 3.11. The number of carbonyl (C=O) groups excluding carboxylic acids is 4. The monoisotopic (exact) mass is 431 g/mol. The maximum atomic E-state index is 12.8. The molecule has 0 saturated carbocycles. The lowest BCUT2D eigenvalue weighted by Crippen LogP contribution is -2.51.